The Balaban J connectivity index is 1.59. The van der Waals surface area contributed by atoms with Gasteiger partial charge in [-0.25, -0.2) is 8.78 Å². The van der Waals surface area contributed by atoms with Gasteiger partial charge in [0.25, 0.3) is 5.56 Å². The molecule has 4 aromatic rings. The van der Waals surface area contributed by atoms with Crippen LogP contribution in [0.4, 0.5) is 14.5 Å². The van der Waals surface area contributed by atoms with Gasteiger partial charge in [-0.15, -0.1) is 0 Å². The first kappa shape index (κ1) is 29.1. The average Bonchev–Trinajstić information content (AvgIpc) is 2.97. The molecule has 1 amide bonds. The van der Waals surface area contributed by atoms with E-state index in [4.69, 9.17) is 16.3 Å². The number of halogens is 3. The van der Waals surface area contributed by atoms with Gasteiger partial charge in [0, 0.05) is 35.6 Å². The van der Waals surface area contributed by atoms with Crippen molar-refractivity contribution in [1.82, 2.24) is 9.55 Å². The molecule has 3 heterocycles. The Labute approximate surface area is 246 Å². The van der Waals surface area contributed by atoms with E-state index in [0.29, 0.717) is 36.2 Å². The Hall–Kier alpha value is -4.37. The third kappa shape index (κ3) is 5.97. The van der Waals surface area contributed by atoms with Crippen molar-refractivity contribution in [2.24, 2.45) is 5.92 Å². The predicted molar refractivity (Wildman–Crippen MR) is 156 cm³/mol. The summed E-state index contributed by atoms with van der Waals surface area (Å²) in [6, 6.07) is 13.4. The van der Waals surface area contributed by atoms with Crippen LogP contribution in [0.5, 0.6) is 0 Å². The Morgan fingerprint density at radius 1 is 1.07 bits per heavy atom. The Morgan fingerprint density at radius 3 is 2.64 bits per heavy atom. The number of pyridine rings is 2. The molecular formula is C32H28ClF2N3O4. The maximum Gasteiger partial charge on any atom is 0.309 e. The number of amides is 1. The Morgan fingerprint density at radius 2 is 1.88 bits per heavy atom. The summed E-state index contributed by atoms with van der Waals surface area (Å²) in [5, 5.41) is 2.77. The fourth-order valence-corrected chi connectivity index (χ4v) is 5.38. The van der Waals surface area contributed by atoms with Crippen LogP contribution in [-0.2, 0) is 20.7 Å². The first-order valence-corrected chi connectivity index (χ1v) is 13.9. The van der Waals surface area contributed by atoms with E-state index in [1.165, 1.54) is 30.0 Å². The maximum absolute atomic E-state index is 14.7. The number of fused-ring (bicyclic) bond motifs is 4. The fourth-order valence-electron chi connectivity index (χ4n) is 5.22. The third-order valence-electron chi connectivity index (χ3n) is 7.53. The van der Waals surface area contributed by atoms with Crippen molar-refractivity contribution in [3.8, 4) is 22.3 Å². The zero-order valence-electron chi connectivity index (χ0n) is 23.0. The van der Waals surface area contributed by atoms with Crippen LogP contribution in [0.2, 0.25) is 5.02 Å². The first-order chi connectivity index (χ1) is 20.2. The van der Waals surface area contributed by atoms with Gasteiger partial charge in [-0.1, -0.05) is 37.1 Å². The summed E-state index contributed by atoms with van der Waals surface area (Å²) in [7, 11) is 1.32. The number of hydrogen-bond acceptors (Lipinski definition) is 5. The summed E-state index contributed by atoms with van der Waals surface area (Å²) in [5.41, 5.74) is 2.58. The summed E-state index contributed by atoms with van der Waals surface area (Å²) >= 11 is 5.87. The van der Waals surface area contributed by atoms with Crippen LogP contribution in [0.1, 0.15) is 43.5 Å². The zero-order chi connectivity index (χ0) is 30.0. The minimum atomic E-state index is -0.935. The van der Waals surface area contributed by atoms with Crippen LogP contribution in [0.25, 0.3) is 22.3 Å². The molecule has 0 spiro atoms. The highest BCUT2D eigenvalue weighted by molar-refractivity contribution is 6.31. The van der Waals surface area contributed by atoms with Crippen LogP contribution >= 0.6 is 11.6 Å². The van der Waals surface area contributed by atoms with E-state index in [2.05, 4.69) is 10.3 Å². The molecule has 7 nitrogen and oxygen atoms in total. The molecule has 2 atom stereocenters. The molecule has 1 N–H and O–H groups in total. The highest BCUT2D eigenvalue weighted by Gasteiger charge is 2.23. The number of esters is 1. The van der Waals surface area contributed by atoms with Crippen LogP contribution < -0.4 is 10.9 Å². The van der Waals surface area contributed by atoms with E-state index in [0.717, 1.165) is 23.3 Å². The average molecular weight is 592 g/mol. The lowest BCUT2D eigenvalue weighted by Crippen LogP contribution is -2.26. The van der Waals surface area contributed by atoms with E-state index in [9.17, 15) is 23.2 Å². The lowest BCUT2D eigenvalue weighted by molar-refractivity contribution is -0.139. The van der Waals surface area contributed by atoms with Crippen molar-refractivity contribution in [3.05, 3.63) is 105 Å². The molecule has 1 aliphatic heterocycles. The Kier molecular flexibility index (Phi) is 8.49. The van der Waals surface area contributed by atoms with Crippen LogP contribution in [-0.4, -0.2) is 28.5 Å². The van der Waals surface area contributed by atoms with Gasteiger partial charge in [0.05, 0.1) is 35.9 Å². The number of methoxy groups -OCH3 is 1. The van der Waals surface area contributed by atoms with Crippen molar-refractivity contribution >= 4 is 29.2 Å². The van der Waals surface area contributed by atoms with Crippen molar-refractivity contribution in [2.75, 3.05) is 12.4 Å². The number of anilines is 1. The molecular weight excluding hydrogens is 564 g/mol. The SMILES string of the molecule is COC(=O)Cc1ccc2c(c1)NC(=O)[C@H](C)CCC[C@H](n1ccc(-c3c(F)ccc(Cl)c3F)cc1=O)c1cc-2ccn1. The molecule has 0 saturated carbocycles. The summed E-state index contributed by atoms with van der Waals surface area (Å²) in [4.78, 5) is 43.0. The van der Waals surface area contributed by atoms with E-state index in [-0.39, 0.29) is 34.4 Å². The zero-order valence-corrected chi connectivity index (χ0v) is 23.8. The molecule has 0 saturated heterocycles. The molecule has 42 heavy (non-hydrogen) atoms. The topological polar surface area (TPSA) is 90.3 Å². The smallest absolute Gasteiger partial charge is 0.309 e. The predicted octanol–water partition coefficient (Wildman–Crippen LogP) is 6.57. The maximum atomic E-state index is 14.7. The first-order valence-electron chi connectivity index (χ1n) is 13.5. The molecule has 0 aliphatic carbocycles. The number of carbonyl (C=O) groups excluding carboxylic acids is 2. The van der Waals surface area contributed by atoms with Gasteiger partial charge in [-0.2, -0.15) is 0 Å². The van der Waals surface area contributed by atoms with Gasteiger partial charge in [0.2, 0.25) is 5.91 Å². The second-order valence-corrected chi connectivity index (χ2v) is 10.7. The van der Waals surface area contributed by atoms with Crippen molar-refractivity contribution < 1.29 is 23.1 Å². The molecule has 0 unspecified atom stereocenters. The number of hydrogen-bond donors (Lipinski definition) is 1. The van der Waals surface area contributed by atoms with Gasteiger partial charge in [-0.3, -0.25) is 19.4 Å². The highest BCUT2D eigenvalue weighted by atomic mass is 35.5. The molecule has 10 heteroatoms. The van der Waals surface area contributed by atoms with Crippen LogP contribution in [0.3, 0.4) is 0 Å². The number of nitrogens with zero attached hydrogens (tertiary/aromatic N) is 2. The summed E-state index contributed by atoms with van der Waals surface area (Å²) in [6.45, 7) is 1.83. The minimum Gasteiger partial charge on any atom is -0.469 e. The van der Waals surface area contributed by atoms with Crippen LogP contribution in [0.15, 0.2) is 71.8 Å². The second-order valence-electron chi connectivity index (χ2n) is 10.3. The summed E-state index contributed by atoms with van der Waals surface area (Å²) < 4.78 is 35.5. The molecule has 0 fully saturated rings. The van der Waals surface area contributed by atoms with E-state index >= 15 is 0 Å². The molecule has 2 aromatic carbocycles. The molecule has 216 valence electrons. The summed E-state index contributed by atoms with van der Waals surface area (Å²) in [6.07, 6.45) is 4.84. The standard InChI is InChI=1S/C32H28ClF2N3O4/c1-18-4-3-5-27(38-13-11-21(17-28(38)39)30-24(34)9-8-23(33)31(30)35)26-16-20(10-12-36-26)22-7-6-19(15-29(40)42-2)14-25(22)37-32(18)41/h6-14,16-18,27H,3-5,15H2,1-2H3,(H,37,41)/t18-,27+/m1/s1. The lowest BCUT2D eigenvalue weighted by Gasteiger charge is -2.23. The Bertz CT molecular complexity index is 1740. The van der Waals surface area contributed by atoms with Crippen molar-refractivity contribution in [2.45, 2.75) is 38.6 Å². The number of aromatic nitrogens is 2. The number of nitrogens with one attached hydrogen (secondary N) is 1. The molecule has 2 bridgehead atoms. The van der Waals surface area contributed by atoms with Crippen LogP contribution in [0, 0.1) is 17.6 Å². The van der Waals surface area contributed by atoms with Gasteiger partial charge in [-0.05, 0) is 65.9 Å². The van der Waals surface area contributed by atoms with Crippen molar-refractivity contribution in [3.63, 3.8) is 0 Å². The van der Waals surface area contributed by atoms with Gasteiger partial charge in [0.15, 0.2) is 5.82 Å². The van der Waals surface area contributed by atoms with E-state index in [1.54, 1.807) is 24.4 Å². The number of rotatable bonds is 4. The largest absolute Gasteiger partial charge is 0.469 e. The lowest BCUT2D eigenvalue weighted by atomic mass is 9.94. The number of ether oxygens (including phenoxy) is 1. The van der Waals surface area contributed by atoms with Gasteiger partial charge >= 0.3 is 5.97 Å². The number of benzene rings is 2. The quantitative estimate of drug-likeness (QED) is 0.214. The second kappa shape index (κ2) is 12.2. The summed E-state index contributed by atoms with van der Waals surface area (Å²) in [5.74, 6) is -2.65. The fraction of sp³-hybridized carbons (Fsp3) is 0.250. The molecule has 5 rings (SSSR count). The van der Waals surface area contributed by atoms with Gasteiger partial charge < -0.3 is 14.6 Å². The highest BCUT2D eigenvalue weighted by Crippen LogP contribution is 2.34. The number of carbonyl (C=O) groups is 2. The minimum absolute atomic E-state index is 0.0563. The van der Waals surface area contributed by atoms with Gasteiger partial charge in [0.1, 0.15) is 5.82 Å². The monoisotopic (exact) mass is 591 g/mol. The molecule has 2 aromatic heterocycles. The van der Waals surface area contributed by atoms with Crippen molar-refractivity contribution in [1.29, 1.82) is 0 Å². The normalized spacial score (nSPS) is 16.9. The van der Waals surface area contributed by atoms with E-state index < -0.39 is 29.2 Å². The molecule has 0 radical (unpaired) electrons. The third-order valence-corrected chi connectivity index (χ3v) is 7.82. The molecule has 1 aliphatic rings. The van der Waals surface area contributed by atoms with E-state index in [1.807, 2.05) is 19.1 Å².